The lowest BCUT2D eigenvalue weighted by Gasteiger charge is -2.33. The molecule has 1 aromatic rings. The second kappa shape index (κ2) is 6.19. The van der Waals surface area contributed by atoms with E-state index in [0.29, 0.717) is 31.9 Å². The Morgan fingerprint density at radius 3 is 2.32 bits per heavy atom. The third kappa shape index (κ3) is 3.96. The number of rotatable bonds is 2. The summed E-state index contributed by atoms with van der Waals surface area (Å²) < 4.78 is 5.12. The average Bonchev–Trinajstić information content (AvgIpc) is 2.40. The van der Waals surface area contributed by atoms with Crippen molar-refractivity contribution in [2.24, 2.45) is 0 Å². The van der Waals surface area contributed by atoms with Crippen LogP contribution in [0.2, 0.25) is 0 Å². The normalized spacial score (nSPS) is 15.9. The monoisotopic (exact) mass is 263 g/mol. The van der Waals surface area contributed by atoms with Gasteiger partial charge in [-0.2, -0.15) is 0 Å². The molecule has 1 N–H and O–H groups in total. The van der Waals surface area contributed by atoms with Crippen LogP contribution >= 0.6 is 0 Å². The molecule has 6 heteroatoms. The maximum atomic E-state index is 11.6. The van der Waals surface area contributed by atoms with Gasteiger partial charge >= 0.3 is 6.09 Å². The molecule has 1 fully saturated rings. The summed E-state index contributed by atoms with van der Waals surface area (Å²) in [7, 11) is 0. The topological polar surface area (TPSA) is 61.9 Å². The maximum absolute atomic E-state index is 11.6. The van der Waals surface area contributed by atoms with Crippen molar-refractivity contribution in [1.29, 1.82) is 0 Å². The first-order chi connectivity index (χ1) is 9.15. The zero-order valence-corrected chi connectivity index (χ0v) is 10.8. The van der Waals surface area contributed by atoms with Crippen molar-refractivity contribution < 1.29 is 14.3 Å². The van der Waals surface area contributed by atoms with E-state index in [1.54, 1.807) is 41.1 Å². The Balaban J connectivity index is 1.76. The lowest BCUT2D eigenvalue weighted by molar-refractivity contribution is -0.130. The summed E-state index contributed by atoms with van der Waals surface area (Å²) in [4.78, 5) is 24.6. The van der Waals surface area contributed by atoms with E-state index in [2.05, 4.69) is 5.43 Å². The second-order valence-corrected chi connectivity index (χ2v) is 4.31. The van der Waals surface area contributed by atoms with Gasteiger partial charge in [-0.05, 0) is 12.1 Å². The minimum atomic E-state index is -0.512. The van der Waals surface area contributed by atoms with Crippen LogP contribution in [0.15, 0.2) is 30.3 Å². The van der Waals surface area contributed by atoms with Crippen LogP contribution in [0, 0.1) is 0 Å². The first-order valence-electron chi connectivity index (χ1n) is 6.19. The molecular formula is C13H17N3O3. The molecule has 0 radical (unpaired) electrons. The highest BCUT2D eigenvalue weighted by atomic mass is 16.6. The summed E-state index contributed by atoms with van der Waals surface area (Å²) in [5.41, 5.74) is 2.66. The van der Waals surface area contributed by atoms with E-state index in [9.17, 15) is 9.59 Å². The van der Waals surface area contributed by atoms with E-state index in [0.717, 1.165) is 0 Å². The Kier molecular flexibility index (Phi) is 4.35. The number of hydrogen-bond acceptors (Lipinski definition) is 4. The quantitative estimate of drug-likeness (QED) is 0.859. The van der Waals surface area contributed by atoms with E-state index < -0.39 is 6.09 Å². The zero-order valence-electron chi connectivity index (χ0n) is 10.8. The molecule has 1 aromatic carbocycles. The predicted molar refractivity (Wildman–Crippen MR) is 69.4 cm³/mol. The van der Waals surface area contributed by atoms with Crippen LogP contribution in [0.1, 0.15) is 6.92 Å². The minimum absolute atomic E-state index is 0.0616. The van der Waals surface area contributed by atoms with Gasteiger partial charge in [-0.3, -0.25) is 10.2 Å². The zero-order chi connectivity index (χ0) is 13.7. The van der Waals surface area contributed by atoms with Gasteiger partial charge in [-0.15, -0.1) is 0 Å². The lowest BCUT2D eigenvalue weighted by atomic mass is 10.3. The number of carbonyl (C=O) groups excluding carboxylic acids is 2. The van der Waals surface area contributed by atoms with E-state index in [1.165, 1.54) is 0 Å². The summed E-state index contributed by atoms with van der Waals surface area (Å²) >= 11 is 0. The smallest absolute Gasteiger partial charge is 0.409 e. The minimum Gasteiger partial charge on any atom is -0.409 e. The molecular weight excluding hydrogens is 246 g/mol. The summed E-state index contributed by atoms with van der Waals surface area (Å²) in [5, 5.41) is 1.75. The standard InChI is InChI=1S/C13H17N3O3/c1-11(17)15-7-9-16(10-8-15)14-13(18)19-12-5-3-2-4-6-12/h2-6H,7-10H2,1H3,(H,14,18). The third-order valence-electron chi connectivity index (χ3n) is 2.93. The molecule has 2 amide bonds. The van der Waals surface area contributed by atoms with E-state index >= 15 is 0 Å². The van der Waals surface area contributed by atoms with Crippen LogP contribution in [0.3, 0.4) is 0 Å². The molecule has 0 saturated carbocycles. The number of piperazine rings is 1. The number of hydrogen-bond donors (Lipinski definition) is 1. The van der Waals surface area contributed by atoms with Crippen LogP contribution < -0.4 is 10.2 Å². The number of carbonyl (C=O) groups is 2. The Labute approximate surface area is 111 Å². The molecule has 102 valence electrons. The van der Waals surface area contributed by atoms with Crippen molar-refractivity contribution in [3.8, 4) is 5.75 Å². The molecule has 0 aliphatic carbocycles. The summed E-state index contributed by atoms with van der Waals surface area (Å²) in [6, 6.07) is 8.88. The molecule has 1 heterocycles. The van der Waals surface area contributed by atoms with Gasteiger partial charge in [0.1, 0.15) is 5.75 Å². The Hall–Kier alpha value is -2.08. The summed E-state index contributed by atoms with van der Waals surface area (Å²) in [6.07, 6.45) is -0.512. The van der Waals surface area contributed by atoms with Crippen molar-refractivity contribution in [1.82, 2.24) is 15.3 Å². The van der Waals surface area contributed by atoms with Crippen LogP contribution in [0.25, 0.3) is 0 Å². The SMILES string of the molecule is CC(=O)N1CCN(NC(=O)Oc2ccccc2)CC1. The van der Waals surface area contributed by atoms with Gasteiger partial charge in [0.05, 0.1) is 0 Å². The van der Waals surface area contributed by atoms with Gasteiger partial charge in [-0.25, -0.2) is 9.80 Å². The molecule has 1 saturated heterocycles. The first kappa shape index (κ1) is 13.4. The predicted octanol–water partition coefficient (Wildman–Crippen LogP) is 0.854. The Bertz CT molecular complexity index is 442. The number of nitrogens with one attached hydrogen (secondary N) is 1. The molecule has 19 heavy (non-hydrogen) atoms. The number of ether oxygens (including phenoxy) is 1. The van der Waals surface area contributed by atoms with E-state index in [4.69, 9.17) is 4.74 Å². The van der Waals surface area contributed by atoms with Crippen molar-refractivity contribution in [2.45, 2.75) is 6.92 Å². The number of hydrazine groups is 1. The Morgan fingerprint density at radius 1 is 1.11 bits per heavy atom. The largest absolute Gasteiger partial charge is 0.427 e. The number of benzene rings is 1. The molecule has 1 aliphatic rings. The molecule has 0 unspecified atom stereocenters. The number of para-hydroxylation sites is 1. The van der Waals surface area contributed by atoms with Crippen molar-refractivity contribution in [2.75, 3.05) is 26.2 Å². The van der Waals surface area contributed by atoms with Crippen molar-refractivity contribution >= 4 is 12.0 Å². The van der Waals surface area contributed by atoms with Gasteiger partial charge in [-0.1, -0.05) is 18.2 Å². The fourth-order valence-corrected chi connectivity index (χ4v) is 1.88. The fraction of sp³-hybridized carbons (Fsp3) is 0.385. The molecule has 0 atom stereocenters. The average molecular weight is 263 g/mol. The molecule has 2 rings (SSSR count). The van der Waals surface area contributed by atoms with Gasteiger partial charge in [0.15, 0.2) is 0 Å². The van der Waals surface area contributed by atoms with Crippen molar-refractivity contribution in [3.05, 3.63) is 30.3 Å². The number of nitrogens with zero attached hydrogens (tertiary/aromatic N) is 2. The summed E-state index contributed by atoms with van der Waals surface area (Å²) in [6.45, 7) is 3.97. The molecule has 0 spiro atoms. The lowest BCUT2D eigenvalue weighted by Crippen LogP contribution is -2.54. The van der Waals surface area contributed by atoms with E-state index in [1.807, 2.05) is 6.07 Å². The van der Waals surface area contributed by atoms with Gasteiger partial charge in [0.2, 0.25) is 5.91 Å². The van der Waals surface area contributed by atoms with Gasteiger partial charge in [0, 0.05) is 33.1 Å². The second-order valence-electron chi connectivity index (χ2n) is 4.31. The highest BCUT2D eigenvalue weighted by molar-refractivity contribution is 5.73. The highest BCUT2D eigenvalue weighted by Crippen LogP contribution is 2.08. The highest BCUT2D eigenvalue weighted by Gasteiger charge is 2.20. The van der Waals surface area contributed by atoms with Crippen molar-refractivity contribution in [3.63, 3.8) is 0 Å². The summed E-state index contributed by atoms with van der Waals surface area (Å²) in [5.74, 6) is 0.564. The maximum Gasteiger partial charge on any atom is 0.427 e. The fourth-order valence-electron chi connectivity index (χ4n) is 1.88. The van der Waals surface area contributed by atoms with Crippen LogP contribution in [0.4, 0.5) is 4.79 Å². The van der Waals surface area contributed by atoms with E-state index in [-0.39, 0.29) is 5.91 Å². The first-order valence-corrected chi connectivity index (χ1v) is 6.19. The van der Waals surface area contributed by atoms with Crippen LogP contribution in [-0.4, -0.2) is 48.1 Å². The van der Waals surface area contributed by atoms with Crippen LogP contribution in [-0.2, 0) is 4.79 Å². The Morgan fingerprint density at radius 2 is 1.74 bits per heavy atom. The van der Waals surface area contributed by atoms with Crippen LogP contribution in [0.5, 0.6) is 5.75 Å². The van der Waals surface area contributed by atoms with Gasteiger partial charge < -0.3 is 9.64 Å². The molecule has 1 aliphatic heterocycles. The molecule has 0 aromatic heterocycles. The molecule has 6 nitrogen and oxygen atoms in total. The third-order valence-corrected chi connectivity index (χ3v) is 2.93. The molecule has 0 bridgehead atoms. The van der Waals surface area contributed by atoms with Gasteiger partial charge in [0.25, 0.3) is 0 Å². The number of amides is 2.